The van der Waals surface area contributed by atoms with Crippen LogP contribution in [0, 0.1) is 0 Å². The molecule has 2 aromatic rings. The Kier molecular flexibility index (Phi) is 8.12. The molecule has 0 aromatic heterocycles. The molecule has 182 valence electrons. The first-order valence-corrected chi connectivity index (χ1v) is 11.4. The lowest BCUT2D eigenvalue weighted by Gasteiger charge is -2.18. The molecule has 1 aliphatic heterocycles. The van der Waals surface area contributed by atoms with E-state index in [1.807, 2.05) is 26.0 Å². The lowest BCUT2D eigenvalue weighted by molar-refractivity contribution is -0.129. The Labute approximate surface area is 198 Å². The van der Waals surface area contributed by atoms with Gasteiger partial charge in [0.1, 0.15) is 11.5 Å². The summed E-state index contributed by atoms with van der Waals surface area (Å²) in [6.07, 6.45) is 2.47. The highest BCUT2D eigenvalue weighted by atomic mass is 16.5. The van der Waals surface area contributed by atoms with Crippen LogP contribution in [0.4, 0.5) is 5.69 Å². The predicted octanol–water partition coefficient (Wildman–Crippen LogP) is 3.77. The van der Waals surface area contributed by atoms with E-state index in [-0.39, 0.29) is 41.2 Å². The summed E-state index contributed by atoms with van der Waals surface area (Å²) in [5, 5.41) is 31.6. The SMILES string of the molecule is CC(C)c1cc(C(=O)N2Cc3ccc(NC(=O)CCCCCC(=O)NO)cc3C2)c(O)cc1O. The van der Waals surface area contributed by atoms with E-state index in [0.29, 0.717) is 50.0 Å². The summed E-state index contributed by atoms with van der Waals surface area (Å²) in [7, 11) is 0. The average Bonchev–Trinajstić information content (AvgIpc) is 3.21. The molecule has 0 unspecified atom stereocenters. The molecule has 0 spiro atoms. The molecule has 3 amide bonds. The summed E-state index contributed by atoms with van der Waals surface area (Å²) in [6.45, 7) is 4.54. The van der Waals surface area contributed by atoms with Crippen molar-refractivity contribution >= 4 is 23.4 Å². The van der Waals surface area contributed by atoms with Gasteiger partial charge in [0.05, 0.1) is 5.56 Å². The molecule has 0 saturated carbocycles. The lowest BCUT2D eigenvalue weighted by Crippen LogP contribution is -2.25. The number of hydroxylamine groups is 1. The largest absolute Gasteiger partial charge is 0.508 e. The van der Waals surface area contributed by atoms with Crippen LogP contribution in [-0.4, -0.2) is 38.0 Å². The summed E-state index contributed by atoms with van der Waals surface area (Å²) in [4.78, 5) is 37.9. The Bertz CT molecular complexity index is 1080. The quantitative estimate of drug-likeness (QED) is 0.215. The molecular weight excluding hydrogens is 438 g/mol. The summed E-state index contributed by atoms with van der Waals surface area (Å²) in [6, 6.07) is 8.28. The van der Waals surface area contributed by atoms with Gasteiger partial charge in [0.2, 0.25) is 11.8 Å². The molecule has 0 fully saturated rings. The van der Waals surface area contributed by atoms with E-state index in [1.54, 1.807) is 22.5 Å². The normalized spacial score (nSPS) is 12.5. The van der Waals surface area contributed by atoms with Crippen molar-refractivity contribution in [2.24, 2.45) is 0 Å². The number of aromatic hydroxyl groups is 2. The van der Waals surface area contributed by atoms with Crippen LogP contribution in [-0.2, 0) is 22.7 Å². The van der Waals surface area contributed by atoms with Gasteiger partial charge < -0.3 is 20.4 Å². The topological polar surface area (TPSA) is 139 Å². The van der Waals surface area contributed by atoms with E-state index in [2.05, 4.69) is 5.32 Å². The molecular formula is C25H31N3O6. The van der Waals surface area contributed by atoms with Crippen molar-refractivity contribution < 1.29 is 29.8 Å². The third kappa shape index (κ3) is 6.05. The first kappa shape index (κ1) is 25.0. The van der Waals surface area contributed by atoms with Crippen molar-refractivity contribution in [2.45, 2.75) is 65.0 Å². The smallest absolute Gasteiger partial charge is 0.258 e. The third-order valence-electron chi connectivity index (χ3n) is 5.93. The van der Waals surface area contributed by atoms with E-state index in [4.69, 9.17) is 5.21 Å². The van der Waals surface area contributed by atoms with Crippen molar-refractivity contribution in [2.75, 3.05) is 5.32 Å². The molecule has 9 heteroatoms. The molecule has 5 N–H and O–H groups in total. The summed E-state index contributed by atoms with van der Waals surface area (Å²) in [5.74, 6) is -1.19. The molecule has 3 rings (SSSR count). The van der Waals surface area contributed by atoms with E-state index in [0.717, 1.165) is 11.1 Å². The molecule has 0 atom stereocenters. The zero-order valence-corrected chi connectivity index (χ0v) is 19.4. The van der Waals surface area contributed by atoms with Crippen LogP contribution in [0.1, 0.15) is 78.9 Å². The molecule has 0 bridgehead atoms. The summed E-state index contributed by atoms with van der Waals surface area (Å²) < 4.78 is 0. The Morgan fingerprint density at radius 3 is 2.26 bits per heavy atom. The van der Waals surface area contributed by atoms with Gasteiger partial charge in [-0.2, -0.15) is 0 Å². The number of benzene rings is 2. The number of phenols is 2. The minimum atomic E-state index is -0.434. The monoisotopic (exact) mass is 469 g/mol. The molecule has 0 aliphatic carbocycles. The third-order valence-corrected chi connectivity index (χ3v) is 5.93. The number of carbonyl (C=O) groups excluding carboxylic acids is 3. The first-order valence-electron chi connectivity index (χ1n) is 11.4. The molecule has 1 heterocycles. The van der Waals surface area contributed by atoms with Crippen LogP contribution >= 0.6 is 0 Å². The molecule has 34 heavy (non-hydrogen) atoms. The summed E-state index contributed by atoms with van der Waals surface area (Å²) >= 11 is 0. The number of nitrogens with zero attached hydrogens (tertiary/aromatic N) is 1. The minimum Gasteiger partial charge on any atom is -0.508 e. The van der Waals surface area contributed by atoms with E-state index in [1.165, 1.54) is 6.07 Å². The van der Waals surface area contributed by atoms with Crippen LogP contribution < -0.4 is 10.8 Å². The maximum atomic E-state index is 13.1. The lowest BCUT2D eigenvalue weighted by atomic mass is 9.98. The van der Waals surface area contributed by atoms with Gasteiger partial charge in [0.25, 0.3) is 5.91 Å². The Hall–Kier alpha value is -3.59. The van der Waals surface area contributed by atoms with Gasteiger partial charge in [-0.25, -0.2) is 5.48 Å². The highest BCUT2D eigenvalue weighted by Crippen LogP contribution is 2.34. The van der Waals surface area contributed by atoms with Crippen LogP contribution in [0.25, 0.3) is 0 Å². The fourth-order valence-corrected chi connectivity index (χ4v) is 4.04. The highest BCUT2D eigenvalue weighted by molar-refractivity contribution is 5.98. The van der Waals surface area contributed by atoms with Gasteiger partial charge in [-0.05, 0) is 53.6 Å². The first-order chi connectivity index (χ1) is 16.2. The average molecular weight is 470 g/mol. The Morgan fingerprint density at radius 1 is 0.912 bits per heavy atom. The maximum Gasteiger partial charge on any atom is 0.258 e. The van der Waals surface area contributed by atoms with E-state index < -0.39 is 5.91 Å². The molecule has 0 saturated heterocycles. The van der Waals surface area contributed by atoms with Gasteiger partial charge in [-0.15, -0.1) is 0 Å². The standard InChI is InChI=1S/C25H31N3O6/c1-15(2)19-11-20(22(30)12-21(19)29)25(33)28-13-16-8-9-18(10-17(16)14-28)26-23(31)6-4-3-5-7-24(32)27-34/h8-12,15,29-30,34H,3-7,13-14H2,1-2H3,(H,26,31)(H,27,32). The van der Waals surface area contributed by atoms with Crippen LogP contribution in [0.3, 0.4) is 0 Å². The van der Waals surface area contributed by atoms with Gasteiger partial charge in [-0.3, -0.25) is 19.6 Å². The second-order valence-corrected chi connectivity index (χ2v) is 8.87. The number of amides is 3. The fourth-order valence-electron chi connectivity index (χ4n) is 4.04. The number of hydrogen-bond donors (Lipinski definition) is 5. The number of rotatable bonds is 9. The van der Waals surface area contributed by atoms with E-state index >= 15 is 0 Å². The van der Waals surface area contributed by atoms with Crippen molar-refractivity contribution in [1.82, 2.24) is 10.4 Å². The van der Waals surface area contributed by atoms with Gasteiger partial charge >= 0.3 is 0 Å². The van der Waals surface area contributed by atoms with Crippen molar-refractivity contribution in [3.05, 3.63) is 52.6 Å². The van der Waals surface area contributed by atoms with Crippen LogP contribution in [0.2, 0.25) is 0 Å². The number of carbonyl (C=O) groups is 3. The number of fused-ring (bicyclic) bond motifs is 1. The zero-order valence-electron chi connectivity index (χ0n) is 19.4. The summed E-state index contributed by atoms with van der Waals surface area (Å²) in [5.41, 5.74) is 4.87. The predicted molar refractivity (Wildman–Crippen MR) is 126 cm³/mol. The number of hydrogen-bond acceptors (Lipinski definition) is 6. The maximum absolute atomic E-state index is 13.1. The minimum absolute atomic E-state index is 0.00543. The molecule has 2 aromatic carbocycles. The Morgan fingerprint density at radius 2 is 1.59 bits per heavy atom. The second-order valence-electron chi connectivity index (χ2n) is 8.87. The van der Waals surface area contributed by atoms with Gasteiger partial charge in [0.15, 0.2) is 0 Å². The van der Waals surface area contributed by atoms with Crippen molar-refractivity contribution in [3.63, 3.8) is 0 Å². The van der Waals surface area contributed by atoms with Crippen molar-refractivity contribution in [3.8, 4) is 11.5 Å². The number of anilines is 1. The molecule has 9 nitrogen and oxygen atoms in total. The number of nitrogens with one attached hydrogen (secondary N) is 2. The van der Waals surface area contributed by atoms with Gasteiger partial charge in [0, 0.05) is 37.7 Å². The molecule has 1 aliphatic rings. The highest BCUT2D eigenvalue weighted by Gasteiger charge is 2.27. The van der Waals surface area contributed by atoms with E-state index in [9.17, 15) is 24.6 Å². The van der Waals surface area contributed by atoms with Crippen LogP contribution in [0.5, 0.6) is 11.5 Å². The number of phenolic OH excluding ortho intramolecular Hbond substituents is 2. The molecule has 0 radical (unpaired) electrons. The zero-order chi connectivity index (χ0) is 24.8. The second kappa shape index (κ2) is 11.0. The van der Waals surface area contributed by atoms with Gasteiger partial charge in [-0.1, -0.05) is 26.3 Å². The van der Waals surface area contributed by atoms with Crippen molar-refractivity contribution in [1.29, 1.82) is 0 Å². The Balaban J connectivity index is 1.58. The number of unbranched alkanes of at least 4 members (excludes halogenated alkanes) is 2. The van der Waals surface area contributed by atoms with Crippen LogP contribution in [0.15, 0.2) is 30.3 Å². The fraction of sp³-hybridized carbons (Fsp3) is 0.400.